The standard InChI is InChI=1S/C19H29NO4/c1-5-7-11-23-15(3)19(21)20-14-16-9-10-17(18(13-16)22-4)24-12-8-6-2/h5,9-10,13,15H,1,6-8,11-12,14H2,2-4H3,(H,20,21). The van der Waals surface area contributed by atoms with Gasteiger partial charge >= 0.3 is 0 Å². The summed E-state index contributed by atoms with van der Waals surface area (Å²) in [5.41, 5.74) is 0.946. The molecule has 1 unspecified atom stereocenters. The van der Waals surface area contributed by atoms with Crippen LogP contribution < -0.4 is 14.8 Å². The number of carbonyl (C=O) groups excluding carboxylic acids is 1. The number of hydrogen-bond donors (Lipinski definition) is 1. The van der Waals surface area contributed by atoms with E-state index in [1.165, 1.54) is 0 Å². The molecule has 0 heterocycles. The van der Waals surface area contributed by atoms with E-state index in [1.807, 2.05) is 18.2 Å². The van der Waals surface area contributed by atoms with E-state index in [4.69, 9.17) is 14.2 Å². The number of carbonyl (C=O) groups is 1. The first-order valence-corrected chi connectivity index (χ1v) is 8.42. The Balaban J connectivity index is 2.52. The molecule has 0 saturated carbocycles. The van der Waals surface area contributed by atoms with Gasteiger partial charge in [0.25, 0.3) is 0 Å². The van der Waals surface area contributed by atoms with Crippen molar-refractivity contribution in [3.63, 3.8) is 0 Å². The second kappa shape index (κ2) is 11.5. The molecule has 0 spiro atoms. The van der Waals surface area contributed by atoms with E-state index in [9.17, 15) is 4.79 Å². The molecule has 1 atom stereocenters. The molecule has 1 amide bonds. The van der Waals surface area contributed by atoms with Crippen LogP contribution in [0, 0.1) is 0 Å². The number of nitrogens with one attached hydrogen (secondary N) is 1. The topological polar surface area (TPSA) is 56.8 Å². The number of methoxy groups -OCH3 is 1. The van der Waals surface area contributed by atoms with Crippen molar-refractivity contribution in [3.05, 3.63) is 36.4 Å². The molecule has 24 heavy (non-hydrogen) atoms. The molecular formula is C19H29NO4. The van der Waals surface area contributed by atoms with E-state index < -0.39 is 6.10 Å². The van der Waals surface area contributed by atoms with Gasteiger partial charge < -0.3 is 19.5 Å². The lowest BCUT2D eigenvalue weighted by Gasteiger charge is -2.14. The highest BCUT2D eigenvalue weighted by Gasteiger charge is 2.13. The summed E-state index contributed by atoms with van der Waals surface area (Å²) in [6.45, 7) is 9.06. The third-order valence-electron chi connectivity index (χ3n) is 3.51. The lowest BCUT2D eigenvalue weighted by atomic mass is 10.2. The fourth-order valence-electron chi connectivity index (χ4n) is 2.00. The van der Waals surface area contributed by atoms with Gasteiger partial charge in [-0.15, -0.1) is 6.58 Å². The van der Waals surface area contributed by atoms with Crippen LogP contribution in [0.5, 0.6) is 11.5 Å². The smallest absolute Gasteiger partial charge is 0.249 e. The first-order valence-electron chi connectivity index (χ1n) is 8.42. The van der Waals surface area contributed by atoms with Crippen molar-refractivity contribution in [1.82, 2.24) is 5.32 Å². The predicted molar refractivity (Wildman–Crippen MR) is 95.5 cm³/mol. The summed E-state index contributed by atoms with van der Waals surface area (Å²) in [6, 6.07) is 5.68. The van der Waals surface area contributed by atoms with Crippen molar-refractivity contribution in [2.45, 2.75) is 45.8 Å². The van der Waals surface area contributed by atoms with Gasteiger partial charge in [-0.25, -0.2) is 0 Å². The van der Waals surface area contributed by atoms with E-state index in [2.05, 4.69) is 18.8 Å². The summed E-state index contributed by atoms with van der Waals surface area (Å²) in [5.74, 6) is 1.26. The van der Waals surface area contributed by atoms with Gasteiger partial charge in [0, 0.05) is 6.54 Å². The molecule has 1 rings (SSSR count). The molecule has 1 aromatic carbocycles. The zero-order valence-corrected chi connectivity index (χ0v) is 15.0. The molecule has 0 saturated heterocycles. The summed E-state index contributed by atoms with van der Waals surface area (Å²) in [7, 11) is 1.61. The minimum Gasteiger partial charge on any atom is -0.493 e. The number of amides is 1. The normalized spacial score (nSPS) is 11.6. The maximum atomic E-state index is 12.0. The second-order valence-corrected chi connectivity index (χ2v) is 5.50. The Morgan fingerprint density at radius 2 is 2.12 bits per heavy atom. The first kappa shape index (κ1) is 20.0. The number of unbranched alkanes of at least 4 members (excludes halogenated alkanes) is 1. The highest BCUT2D eigenvalue weighted by atomic mass is 16.5. The minimum atomic E-state index is -0.483. The molecule has 0 radical (unpaired) electrons. The Bertz CT molecular complexity index is 516. The SMILES string of the molecule is C=CCCOC(C)C(=O)NCc1ccc(OCCCC)c(OC)c1. The van der Waals surface area contributed by atoms with Crippen LogP contribution in [0.4, 0.5) is 0 Å². The van der Waals surface area contributed by atoms with Crippen molar-refractivity contribution in [1.29, 1.82) is 0 Å². The molecule has 0 aliphatic carbocycles. The summed E-state index contributed by atoms with van der Waals surface area (Å²) in [5, 5.41) is 2.86. The third-order valence-corrected chi connectivity index (χ3v) is 3.51. The Hall–Kier alpha value is -2.01. The predicted octanol–water partition coefficient (Wildman–Crippen LogP) is 3.47. The lowest BCUT2D eigenvalue weighted by Crippen LogP contribution is -2.34. The van der Waals surface area contributed by atoms with E-state index in [0.717, 1.165) is 30.6 Å². The molecule has 134 valence electrons. The van der Waals surface area contributed by atoms with Crippen LogP contribution in [0.15, 0.2) is 30.9 Å². The van der Waals surface area contributed by atoms with Gasteiger partial charge in [0.05, 0.1) is 20.3 Å². The molecule has 0 aliphatic heterocycles. The van der Waals surface area contributed by atoms with Gasteiger partial charge in [-0.1, -0.05) is 25.5 Å². The van der Waals surface area contributed by atoms with Crippen molar-refractivity contribution >= 4 is 5.91 Å². The van der Waals surface area contributed by atoms with Crippen LogP contribution in [0.1, 0.15) is 38.7 Å². The molecule has 0 aromatic heterocycles. The highest BCUT2D eigenvalue weighted by Crippen LogP contribution is 2.28. The minimum absolute atomic E-state index is 0.138. The van der Waals surface area contributed by atoms with Crippen LogP contribution in [-0.2, 0) is 16.1 Å². The molecule has 0 aliphatic rings. The summed E-state index contributed by atoms with van der Waals surface area (Å²) < 4.78 is 16.5. The van der Waals surface area contributed by atoms with Gasteiger partial charge in [0.2, 0.25) is 5.91 Å². The lowest BCUT2D eigenvalue weighted by molar-refractivity contribution is -0.131. The molecule has 5 heteroatoms. The van der Waals surface area contributed by atoms with Gasteiger partial charge in [-0.05, 0) is 37.5 Å². The van der Waals surface area contributed by atoms with Gasteiger partial charge in [-0.3, -0.25) is 4.79 Å². The van der Waals surface area contributed by atoms with Crippen molar-refractivity contribution in [3.8, 4) is 11.5 Å². The Labute approximate surface area is 145 Å². The second-order valence-electron chi connectivity index (χ2n) is 5.50. The number of ether oxygens (including phenoxy) is 3. The zero-order valence-electron chi connectivity index (χ0n) is 15.0. The quantitative estimate of drug-likeness (QED) is 0.469. The third kappa shape index (κ3) is 7.04. The van der Waals surface area contributed by atoms with Crippen molar-refractivity contribution < 1.29 is 19.0 Å². The van der Waals surface area contributed by atoms with Crippen molar-refractivity contribution in [2.24, 2.45) is 0 Å². The summed E-state index contributed by atoms with van der Waals surface area (Å²) >= 11 is 0. The first-order chi connectivity index (χ1) is 11.6. The van der Waals surface area contributed by atoms with E-state index in [1.54, 1.807) is 20.1 Å². The monoisotopic (exact) mass is 335 g/mol. The largest absolute Gasteiger partial charge is 0.493 e. The van der Waals surface area contributed by atoms with Crippen LogP contribution >= 0.6 is 0 Å². The van der Waals surface area contributed by atoms with Gasteiger partial charge in [0.15, 0.2) is 11.5 Å². The Morgan fingerprint density at radius 1 is 1.33 bits per heavy atom. The fraction of sp³-hybridized carbons (Fsp3) is 0.526. The van der Waals surface area contributed by atoms with Gasteiger partial charge in [-0.2, -0.15) is 0 Å². The molecule has 5 nitrogen and oxygen atoms in total. The maximum absolute atomic E-state index is 12.0. The van der Waals surface area contributed by atoms with Crippen LogP contribution in [0.3, 0.4) is 0 Å². The van der Waals surface area contributed by atoms with E-state index in [0.29, 0.717) is 25.5 Å². The van der Waals surface area contributed by atoms with Gasteiger partial charge in [0.1, 0.15) is 6.10 Å². The highest BCUT2D eigenvalue weighted by molar-refractivity contribution is 5.80. The molecule has 1 N–H and O–H groups in total. The average molecular weight is 335 g/mol. The molecule has 0 bridgehead atoms. The van der Waals surface area contributed by atoms with E-state index in [-0.39, 0.29) is 5.91 Å². The van der Waals surface area contributed by atoms with Crippen LogP contribution in [0.2, 0.25) is 0 Å². The van der Waals surface area contributed by atoms with Crippen molar-refractivity contribution in [2.75, 3.05) is 20.3 Å². The number of benzene rings is 1. The maximum Gasteiger partial charge on any atom is 0.249 e. The molecule has 0 fully saturated rings. The molecular weight excluding hydrogens is 306 g/mol. The van der Waals surface area contributed by atoms with E-state index >= 15 is 0 Å². The van der Waals surface area contributed by atoms with Crippen LogP contribution in [-0.4, -0.2) is 32.3 Å². The van der Waals surface area contributed by atoms with Crippen LogP contribution in [0.25, 0.3) is 0 Å². The number of rotatable bonds is 12. The summed E-state index contributed by atoms with van der Waals surface area (Å²) in [6.07, 6.45) is 4.10. The zero-order chi connectivity index (χ0) is 17.8. The fourth-order valence-corrected chi connectivity index (χ4v) is 2.00. The summed E-state index contributed by atoms with van der Waals surface area (Å²) in [4.78, 5) is 12.0. The number of hydrogen-bond acceptors (Lipinski definition) is 4. The Morgan fingerprint density at radius 3 is 2.79 bits per heavy atom. The molecule has 1 aromatic rings. The Kier molecular flexibility index (Phi) is 9.61. The average Bonchev–Trinajstić information content (AvgIpc) is 2.60.